The molecular weight excluding hydrogens is 514 g/mol. The number of alkyl carbamates (subject to hydrolysis) is 1. The van der Waals surface area contributed by atoms with Gasteiger partial charge in [0.1, 0.15) is 5.60 Å². The van der Waals surface area contributed by atoms with E-state index >= 15 is 0 Å². The molecule has 1 N–H and O–H groups in total. The number of pyridine rings is 2. The Labute approximate surface area is 231 Å². The van der Waals surface area contributed by atoms with Crippen molar-refractivity contribution in [2.75, 3.05) is 24.6 Å². The van der Waals surface area contributed by atoms with Crippen LogP contribution in [0.4, 0.5) is 10.7 Å². The lowest BCUT2D eigenvalue weighted by Crippen LogP contribution is -2.55. The first-order valence-corrected chi connectivity index (χ1v) is 14.1. The Morgan fingerprint density at radius 1 is 1.10 bits per heavy atom. The highest BCUT2D eigenvalue weighted by molar-refractivity contribution is 7.99. The summed E-state index contributed by atoms with van der Waals surface area (Å²) < 4.78 is 13.7. The lowest BCUT2D eigenvalue weighted by atomic mass is 9.73. The number of aromatic nitrogens is 5. The lowest BCUT2D eigenvalue weighted by molar-refractivity contribution is 0.0434. The van der Waals surface area contributed by atoms with Crippen molar-refractivity contribution in [3.8, 4) is 0 Å². The third-order valence-electron chi connectivity index (χ3n) is 7.58. The molecule has 0 radical (unpaired) electrons. The molecule has 2 fully saturated rings. The van der Waals surface area contributed by atoms with Crippen LogP contribution in [0.2, 0.25) is 0 Å². The normalized spacial score (nSPS) is 21.1. The smallest absolute Gasteiger partial charge is 0.407 e. The van der Waals surface area contributed by atoms with Gasteiger partial charge in [0.05, 0.1) is 35.4 Å². The first-order valence-electron chi connectivity index (χ1n) is 13.3. The molecule has 10 nitrogen and oxygen atoms in total. The summed E-state index contributed by atoms with van der Waals surface area (Å²) in [6.07, 6.45) is 12.4. The molecule has 2 saturated heterocycles. The molecule has 0 aromatic carbocycles. The number of piperidine rings is 1. The maximum atomic E-state index is 12.6. The Hall–Kier alpha value is -3.44. The Kier molecular flexibility index (Phi) is 6.58. The van der Waals surface area contributed by atoms with E-state index in [9.17, 15) is 4.79 Å². The number of nitrogens with zero attached hydrogens (tertiary/aromatic N) is 6. The zero-order valence-corrected chi connectivity index (χ0v) is 23.4. The van der Waals surface area contributed by atoms with Gasteiger partial charge in [-0.2, -0.15) is 0 Å². The van der Waals surface area contributed by atoms with Gasteiger partial charge in [0.25, 0.3) is 0 Å². The largest absolute Gasteiger partial charge is 0.444 e. The number of ether oxygens (including phenoxy) is 2. The van der Waals surface area contributed by atoms with E-state index in [1.165, 1.54) is 0 Å². The Morgan fingerprint density at radius 3 is 2.72 bits per heavy atom. The zero-order chi connectivity index (χ0) is 27.2. The molecule has 6 rings (SSSR count). The fraction of sp³-hybridized carbons (Fsp3) is 0.464. The van der Waals surface area contributed by atoms with Gasteiger partial charge in [0.15, 0.2) is 5.65 Å². The van der Waals surface area contributed by atoms with Crippen LogP contribution in [0.15, 0.2) is 59.1 Å². The first kappa shape index (κ1) is 25.8. The molecule has 0 bridgehead atoms. The molecule has 4 aromatic heterocycles. The van der Waals surface area contributed by atoms with E-state index in [2.05, 4.69) is 29.6 Å². The Morgan fingerprint density at radius 2 is 1.92 bits per heavy atom. The van der Waals surface area contributed by atoms with Gasteiger partial charge in [-0.1, -0.05) is 11.8 Å². The van der Waals surface area contributed by atoms with Gasteiger partial charge in [-0.25, -0.2) is 14.8 Å². The molecule has 1 amide bonds. The van der Waals surface area contributed by atoms with E-state index in [4.69, 9.17) is 14.5 Å². The summed E-state index contributed by atoms with van der Waals surface area (Å²) in [5.74, 6) is 0.870. The molecule has 0 saturated carbocycles. The zero-order valence-electron chi connectivity index (χ0n) is 22.6. The summed E-state index contributed by atoms with van der Waals surface area (Å²) in [6.45, 7) is 9.88. The summed E-state index contributed by atoms with van der Waals surface area (Å²) in [7, 11) is 0. The number of anilines is 1. The third-order valence-corrected chi connectivity index (χ3v) is 8.66. The minimum absolute atomic E-state index is 0.0705. The minimum atomic E-state index is -0.544. The number of imidazole rings is 1. The molecule has 4 aromatic rings. The molecule has 2 atom stereocenters. The number of hydrogen-bond donors (Lipinski definition) is 1. The molecule has 2 aliphatic heterocycles. The number of amides is 1. The fourth-order valence-electron chi connectivity index (χ4n) is 5.66. The monoisotopic (exact) mass is 547 g/mol. The Balaban J connectivity index is 1.20. The van der Waals surface area contributed by atoms with Gasteiger partial charge in [-0.15, -0.1) is 0 Å². The van der Waals surface area contributed by atoms with Gasteiger partial charge >= 0.3 is 6.09 Å². The quantitative estimate of drug-likeness (QED) is 0.388. The summed E-state index contributed by atoms with van der Waals surface area (Å²) in [4.78, 5) is 35.1. The van der Waals surface area contributed by atoms with E-state index in [1.54, 1.807) is 30.4 Å². The van der Waals surface area contributed by atoms with Gasteiger partial charge in [0, 0.05) is 59.8 Å². The summed E-state index contributed by atoms with van der Waals surface area (Å²) in [5.41, 5.74) is 1.05. The van der Waals surface area contributed by atoms with Crippen LogP contribution in [0.3, 0.4) is 0 Å². The topological polar surface area (TPSA) is 107 Å². The lowest BCUT2D eigenvalue weighted by Gasteiger charge is -2.43. The summed E-state index contributed by atoms with van der Waals surface area (Å²) >= 11 is 1.63. The van der Waals surface area contributed by atoms with E-state index in [0.29, 0.717) is 6.61 Å². The minimum Gasteiger partial charge on any atom is -0.444 e. The molecule has 11 heteroatoms. The van der Waals surface area contributed by atoms with Crippen LogP contribution < -0.4 is 10.2 Å². The molecular formula is C28H33N7O3S. The molecule has 204 valence electrons. The summed E-state index contributed by atoms with van der Waals surface area (Å²) in [6, 6.07) is 3.90. The van der Waals surface area contributed by atoms with Gasteiger partial charge in [-0.05, 0) is 52.7 Å². The van der Waals surface area contributed by atoms with Crippen molar-refractivity contribution < 1.29 is 14.3 Å². The average molecular weight is 548 g/mol. The fourth-order valence-corrected chi connectivity index (χ4v) is 6.66. The SMILES string of the molecule is C[C@@H]1OCC2(CCN(c3ncc(Sc4ccnc5cnccc45)c4nccn34)CC2)[C@@H]1NC(=O)OC(C)(C)C. The third kappa shape index (κ3) is 5.00. The molecule has 0 aliphatic carbocycles. The predicted molar refractivity (Wildman–Crippen MR) is 149 cm³/mol. The second kappa shape index (κ2) is 9.95. The van der Waals surface area contributed by atoms with Crippen LogP contribution in [0, 0.1) is 5.41 Å². The second-order valence-corrected chi connectivity index (χ2v) is 12.4. The van der Waals surface area contributed by atoms with Crippen molar-refractivity contribution in [3.63, 3.8) is 0 Å². The van der Waals surface area contributed by atoms with Crippen LogP contribution in [-0.4, -0.2) is 67.9 Å². The van der Waals surface area contributed by atoms with Crippen LogP contribution >= 0.6 is 11.8 Å². The van der Waals surface area contributed by atoms with Gasteiger partial charge in [0.2, 0.25) is 5.95 Å². The van der Waals surface area contributed by atoms with Crippen molar-refractivity contribution in [3.05, 3.63) is 49.3 Å². The maximum absolute atomic E-state index is 12.6. The van der Waals surface area contributed by atoms with Crippen LogP contribution in [0.5, 0.6) is 0 Å². The van der Waals surface area contributed by atoms with Crippen LogP contribution in [0.25, 0.3) is 16.6 Å². The van der Waals surface area contributed by atoms with E-state index in [1.807, 2.05) is 58.4 Å². The van der Waals surface area contributed by atoms with Crippen molar-refractivity contribution >= 4 is 40.4 Å². The first-order chi connectivity index (χ1) is 18.7. The van der Waals surface area contributed by atoms with Gasteiger partial charge < -0.3 is 19.7 Å². The van der Waals surface area contributed by atoms with Crippen molar-refractivity contribution in [2.24, 2.45) is 5.41 Å². The van der Waals surface area contributed by atoms with Crippen molar-refractivity contribution in [2.45, 2.75) is 68.1 Å². The highest BCUT2D eigenvalue weighted by atomic mass is 32.2. The van der Waals surface area contributed by atoms with Crippen LogP contribution in [-0.2, 0) is 9.47 Å². The average Bonchev–Trinajstić information content (AvgIpc) is 3.51. The number of hydrogen-bond acceptors (Lipinski definition) is 9. The number of nitrogens with one attached hydrogen (secondary N) is 1. The molecule has 6 heterocycles. The van der Waals surface area contributed by atoms with E-state index in [-0.39, 0.29) is 23.7 Å². The highest BCUT2D eigenvalue weighted by Gasteiger charge is 2.50. The standard InChI is InChI=1S/C28H33N7O3S/c1-18-23(33-26(36)38-27(2,3)4)28(17-37-18)7-12-34(13-8-28)25-32-16-22(24-31-11-14-35(24)25)39-21-6-10-30-20-15-29-9-5-19(20)21/h5-6,9-11,14-16,18,23H,7-8,12-13,17H2,1-4H3,(H,33,36)/t18-,23+/m0/s1. The maximum Gasteiger partial charge on any atom is 0.407 e. The predicted octanol–water partition coefficient (Wildman–Crippen LogP) is 4.72. The second-order valence-electron chi connectivity index (χ2n) is 11.3. The molecule has 1 spiro atoms. The summed E-state index contributed by atoms with van der Waals surface area (Å²) in [5, 5.41) is 4.17. The number of fused-ring (bicyclic) bond motifs is 2. The number of carbonyl (C=O) groups excluding carboxylic acids is 1. The van der Waals surface area contributed by atoms with E-state index in [0.717, 1.165) is 58.2 Å². The molecule has 2 aliphatic rings. The number of carbonyl (C=O) groups is 1. The van der Waals surface area contributed by atoms with Crippen molar-refractivity contribution in [1.29, 1.82) is 0 Å². The van der Waals surface area contributed by atoms with Crippen LogP contribution in [0.1, 0.15) is 40.5 Å². The van der Waals surface area contributed by atoms with Gasteiger partial charge in [-0.3, -0.25) is 14.4 Å². The molecule has 0 unspecified atom stereocenters. The highest BCUT2D eigenvalue weighted by Crippen LogP contribution is 2.43. The van der Waals surface area contributed by atoms with E-state index < -0.39 is 5.60 Å². The van der Waals surface area contributed by atoms with Crippen molar-refractivity contribution in [1.82, 2.24) is 29.7 Å². The Bertz CT molecular complexity index is 1500. The molecule has 39 heavy (non-hydrogen) atoms. The number of rotatable bonds is 4.